The minimum absolute atomic E-state index is 0.173. The first-order chi connectivity index (χ1) is 17.5. The van der Waals surface area contributed by atoms with E-state index >= 15 is 0 Å². The van der Waals surface area contributed by atoms with E-state index in [4.69, 9.17) is 16.3 Å². The van der Waals surface area contributed by atoms with Crippen LogP contribution < -0.4 is 15.0 Å². The fraction of sp³-hybridized carbons (Fsp3) is 0.333. The zero-order chi connectivity index (χ0) is 25.3. The van der Waals surface area contributed by atoms with E-state index in [2.05, 4.69) is 26.2 Å². The molecule has 1 saturated heterocycles. The highest BCUT2D eigenvalue weighted by Crippen LogP contribution is 2.30. The SMILES string of the molecule is CCOc1ccccc1N1CCN(CC(O)CNC(=O)c2cccnc2Sc2ccc(Cl)cc2)CC1. The summed E-state index contributed by atoms with van der Waals surface area (Å²) in [6, 6.07) is 19.0. The average molecular weight is 527 g/mol. The summed E-state index contributed by atoms with van der Waals surface area (Å²) in [5, 5.41) is 14.7. The second-order valence-electron chi connectivity index (χ2n) is 8.46. The van der Waals surface area contributed by atoms with Gasteiger partial charge in [-0.1, -0.05) is 35.5 Å². The van der Waals surface area contributed by atoms with Crippen LogP contribution in [0.5, 0.6) is 5.75 Å². The number of nitrogens with one attached hydrogen (secondary N) is 1. The number of anilines is 1. The molecule has 1 aliphatic rings. The largest absolute Gasteiger partial charge is 0.492 e. The molecular weight excluding hydrogens is 496 g/mol. The molecule has 36 heavy (non-hydrogen) atoms. The van der Waals surface area contributed by atoms with Crippen LogP contribution in [0.15, 0.2) is 76.8 Å². The molecule has 0 aliphatic carbocycles. The Labute approximate surface area is 221 Å². The molecule has 1 aromatic heterocycles. The molecule has 3 aromatic rings. The zero-order valence-electron chi connectivity index (χ0n) is 20.3. The maximum atomic E-state index is 12.9. The van der Waals surface area contributed by atoms with E-state index in [0.717, 1.165) is 42.5 Å². The van der Waals surface area contributed by atoms with Crippen molar-refractivity contribution in [2.24, 2.45) is 0 Å². The van der Waals surface area contributed by atoms with Gasteiger partial charge in [-0.05, 0) is 55.5 Å². The molecular formula is C27H31ClN4O3S. The second-order valence-corrected chi connectivity index (χ2v) is 9.96. The lowest BCUT2D eigenvalue weighted by Crippen LogP contribution is -2.50. The molecule has 2 aromatic carbocycles. The van der Waals surface area contributed by atoms with Crippen LogP contribution >= 0.6 is 23.4 Å². The predicted octanol–water partition coefficient (Wildman–Crippen LogP) is 4.20. The summed E-state index contributed by atoms with van der Waals surface area (Å²) in [7, 11) is 0. The fourth-order valence-corrected chi connectivity index (χ4v) is 5.10. The van der Waals surface area contributed by atoms with Gasteiger partial charge < -0.3 is 20.1 Å². The summed E-state index contributed by atoms with van der Waals surface area (Å²) in [5.74, 6) is 0.649. The van der Waals surface area contributed by atoms with Gasteiger partial charge in [0.2, 0.25) is 0 Å². The van der Waals surface area contributed by atoms with Crippen LogP contribution in [0.2, 0.25) is 5.02 Å². The van der Waals surface area contributed by atoms with Crippen LogP contribution in [-0.2, 0) is 0 Å². The van der Waals surface area contributed by atoms with Crippen LogP contribution in [0.1, 0.15) is 17.3 Å². The van der Waals surface area contributed by atoms with Crippen molar-refractivity contribution in [1.29, 1.82) is 0 Å². The molecule has 4 rings (SSSR count). The molecule has 1 atom stereocenters. The molecule has 2 heterocycles. The molecule has 7 nitrogen and oxygen atoms in total. The Morgan fingerprint density at radius 2 is 1.86 bits per heavy atom. The number of aliphatic hydroxyl groups is 1. The number of nitrogens with zero attached hydrogens (tertiary/aromatic N) is 3. The molecule has 1 unspecified atom stereocenters. The van der Waals surface area contributed by atoms with E-state index in [1.165, 1.54) is 11.8 Å². The Hall–Kier alpha value is -2.78. The van der Waals surface area contributed by atoms with Gasteiger partial charge >= 0.3 is 0 Å². The highest BCUT2D eigenvalue weighted by Gasteiger charge is 2.22. The monoisotopic (exact) mass is 526 g/mol. The summed E-state index contributed by atoms with van der Waals surface area (Å²) in [6.45, 7) is 6.66. The lowest BCUT2D eigenvalue weighted by Gasteiger charge is -2.37. The predicted molar refractivity (Wildman–Crippen MR) is 144 cm³/mol. The van der Waals surface area contributed by atoms with Gasteiger partial charge in [0.15, 0.2) is 0 Å². The third-order valence-electron chi connectivity index (χ3n) is 5.89. The van der Waals surface area contributed by atoms with Gasteiger partial charge in [-0.15, -0.1) is 0 Å². The lowest BCUT2D eigenvalue weighted by atomic mass is 10.2. The van der Waals surface area contributed by atoms with Crippen LogP contribution in [0.25, 0.3) is 0 Å². The number of piperazine rings is 1. The quantitative estimate of drug-likeness (QED) is 0.410. The van der Waals surface area contributed by atoms with Crippen molar-refractivity contribution >= 4 is 35.0 Å². The van der Waals surface area contributed by atoms with Crippen molar-refractivity contribution in [3.63, 3.8) is 0 Å². The van der Waals surface area contributed by atoms with Crippen LogP contribution in [0.3, 0.4) is 0 Å². The number of β-amino-alcohol motifs (C(OH)–C–C–N with tert-alkyl or cyclic N) is 1. The van der Waals surface area contributed by atoms with Crippen molar-refractivity contribution in [3.8, 4) is 5.75 Å². The molecule has 0 spiro atoms. The first-order valence-electron chi connectivity index (χ1n) is 12.1. The van der Waals surface area contributed by atoms with Crippen molar-refractivity contribution in [3.05, 3.63) is 77.4 Å². The summed E-state index contributed by atoms with van der Waals surface area (Å²) < 4.78 is 5.77. The zero-order valence-corrected chi connectivity index (χ0v) is 21.8. The van der Waals surface area contributed by atoms with Gasteiger partial charge in [0.1, 0.15) is 10.8 Å². The maximum Gasteiger partial charge on any atom is 0.254 e. The minimum Gasteiger partial charge on any atom is -0.492 e. The number of para-hydroxylation sites is 2. The molecule has 0 radical (unpaired) electrons. The maximum absolute atomic E-state index is 12.9. The number of hydrogen-bond donors (Lipinski definition) is 2. The third kappa shape index (κ3) is 7.13. The van der Waals surface area contributed by atoms with Crippen molar-refractivity contribution in [2.45, 2.75) is 22.9 Å². The van der Waals surface area contributed by atoms with E-state index in [1.807, 2.05) is 37.3 Å². The van der Waals surface area contributed by atoms with Gasteiger partial charge in [0.05, 0.1) is 24.0 Å². The van der Waals surface area contributed by atoms with Gasteiger partial charge in [0.25, 0.3) is 5.91 Å². The standard InChI is InChI=1S/C27H31ClN4O3S/c1-2-35-25-8-4-3-7-24(25)32-16-14-31(15-17-32)19-21(33)18-30-26(34)23-6-5-13-29-27(23)36-22-11-9-20(28)10-12-22/h3-13,21,33H,2,14-19H2,1H3,(H,30,34). The number of aliphatic hydroxyl groups excluding tert-OH is 1. The second kappa shape index (κ2) is 13.0. The molecule has 9 heteroatoms. The van der Waals surface area contributed by atoms with E-state index in [-0.39, 0.29) is 12.5 Å². The number of pyridine rings is 1. The number of carbonyl (C=O) groups excluding carboxylic acids is 1. The molecule has 190 valence electrons. The highest BCUT2D eigenvalue weighted by molar-refractivity contribution is 7.99. The summed E-state index contributed by atoms with van der Waals surface area (Å²) >= 11 is 7.37. The van der Waals surface area contributed by atoms with E-state index < -0.39 is 6.10 Å². The van der Waals surface area contributed by atoms with Gasteiger partial charge in [0, 0.05) is 55.4 Å². The summed E-state index contributed by atoms with van der Waals surface area (Å²) in [6.07, 6.45) is 0.997. The first-order valence-corrected chi connectivity index (χ1v) is 13.3. The number of ether oxygens (including phenoxy) is 1. The topological polar surface area (TPSA) is 77.9 Å². The number of amides is 1. The number of hydrogen-bond acceptors (Lipinski definition) is 7. The molecule has 1 fully saturated rings. The van der Waals surface area contributed by atoms with E-state index in [9.17, 15) is 9.90 Å². The lowest BCUT2D eigenvalue weighted by molar-refractivity contribution is 0.0848. The summed E-state index contributed by atoms with van der Waals surface area (Å²) in [4.78, 5) is 22.7. The van der Waals surface area contributed by atoms with Crippen LogP contribution in [0, 0.1) is 0 Å². The summed E-state index contributed by atoms with van der Waals surface area (Å²) in [5.41, 5.74) is 1.58. The number of rotatable bonds is 10. The number of halogens is 1. The Morgan fingerprint density at radius 3 is 2.61 bits per heavy atom. The first kappa shape index (κ1) is 26.3. The normalized spacial score (nSPS) is 14.9. The number of benzene rings is 2. The third-order valence-corrected chi connectivity index (χ3v) is 7.17. The number of carbonyl (C=O) groups is 1. The van der Waals surface area contributed by atoms with Crippen molar-refractivity contribution < 1.29 is 14.6 Å². The Morgan fingerprint density at radius 1 is 1.11 bits per heavy atom. The van der Waals surface area contributed by atoms with Crippen LogP contribution in [0.4, 0.5) is 5.69 Å². The average Bonchev–Trinajstić information content (AvgIpc) is 2.90. The van der Waals surface area contributed by atoms with Crippen LogP contribution in [-0.4, -0.2) is 72.9 Å². The van der Waals surface area contributed by atoms with E-state index in [0.29, 0.717) is 28.8 Å². The minimum atomic E-state index is -0.666. The smallest absolute Gasteiger partial charge is 0.254 e. The molecule has 1 aliphatic heterocycles. The number of aromatic nitrogens is 1. The molecule has 1 amide bonds. The van der Waals surface area contributed by atoms with Gasteiger partial charge in [-0.25, -0.2) is 4.98 Å². The van der Waals surface area contributed by atoms with Gasteiger partial charge in [-0.2, -0.15) is 0 Å². The molecule has 2 N–H and O–H groups in total. The Bertz CT molecular complexity index is 1140. The van der Waals surface area contributed by atoms with Crippen molar-refractivity contribution in [2.75, 3.05) is 50.8 Å². The van der Waals surface area contributed by atoms with Crippen molar-refractivity contribution in [1.82, 2.24) is 15.2 Å². The van der Waals surface area contributed by atoms with E-state index in [1.54, 1.807) is 30.5 Å². The van der Waals surface area contributed by atoms with Gasteiger partial charge in [-0.3, -0.25) is 9.69 Å². The Kier molecular flexibility index (Phi) is 9.47. The fourth-order valence-electron chi connectivity index (χ4n) is 4.09. The molecule has 0 bridgehead atoms. The Balaban J connectivity index is 1.26. The molecule has 0 saturated carbocycles. The highest BCUT2D eigenvalue weighted by atomic mass is 35.5.